The fourth-order valence-corrected chi connectivity index (χ4v) is 5.58. The summed E-state index contributed by atoms with van der Waals surface area (Å²) < 4.78 is 6.35. The maximum atomic E-state index is 12.6. The molecule has 27 heavy (non-hydrogen) atoms. The maximum absolute atomic E-state index is 12.6. The Bertz CT molecular complexity index is 804. The van der Waals surface area contributed by atoms with Gasteiger partial charge in [-0.1, -0.05) is 0 Å². The molecule has 1 spiro atoms. The highest BCUT2D eigenvalue weighted by atomic mass is 32.1. The summed E-state index contributed by atoms with van der Waals surface area (Å²) in [6.45, 7) is 3.70. The molecule has 0 bridgehead atoms. The Morgan fingerprint density at radius 3 is 2.96 bits per heavy atom. The zero-order chi connectivity index (χ0) is 18.3. The van der Waals surface area contributed by atoms with E-state index in [1.165, 1.54) is 22.4 Å². The molecule has 1 saturated carbocycles. The molecule has 1 aliphatic carbocycles. The number of hydrogen-bond acceptors (Lipinski definition) is 5. The first kappa shape index (κ1) is 17.4. The van der Waals surface area contributed by atoms with E-state index in [1.54, 1.807) is 11.3 Å². The Morgan fingerprint density at radius 2 is 2.26 bits per heavy atom. The van der Waals surface area contributed by atoms with Crippen LogP contribution in [0.3, 0.4) is 0 Å². The fraction of sp³-hybridized carbons (Fsp3) is 0.600. The number of likely N-dealkylation sites (tertiary alicyclic amines) is 1. The first-order valence-electron chi connectivity index (χ1n) is 10.00. The molecule has 0 aromatic carbocycles. The second-order valence-electron chi connectivity index (χ2n) is 8.02. The summed E-state index contributed by atoms with van der Waals surface area (Å²) in [7, 11) is 0. The number of hydrogen-bond donors (Lipinski definition) is 2. The SMILES string of the molecule is O=C(NC1CCC1)c1cc2c(s1)CCOC21CCN(Cc2cn[nH]c2)CC1. The van der Waals surface area contributed by atoms with E-state index in [1.807, 2.05) is 12.4 Å². The lowest BCUT2D eigenvalue weighted by atomic mass is 9.82. The van der Waals surface area contributed by atoms with Crippen molar-refractivity contribution in [3.8, 4) is 0 Å². The minimum absolute atomic E-state index is 0.103. The zero-order valence-electron chi connectivity index (χ0n) is 15.5. The van der Waals surface area contributed by atoms with E-state index in [9.17, 15) is 4.79 Å². The van der Waals surface area contributed by atoms with Gasteiger partial charge in [-0.15, -0.1) is 11.3 Å². The smallest absolute Gasteiger partial charge is 0.261 e. The number of H-pyrrole nitrogens is 1. The lowest BCUT2D eigenvalue weighted by Crippen LogP contribution is -2.45. The van der Waals surface area contributed by atoms with Crippen LogP contribution in [-0.2, 0) is 23.3 Å². The normalized spacial score (nSPS) is 22.4. The van der Waals surface area contributed by atoms with Gasteiger partial charge in [-0.05, 0) is 43.7 Å². The summed E-state index contributed by atoms with van der Waals surface area (Å²) in [5.41, 5.74) is 2.30. The number of aromatic amines is 1. The molecule has 144 valence electrons. The van der Waals surface area contributed by atoms with Crippen LogP contribution in [0.25, 0.3) is 0 Å². The molecule has 2 aliphatic heterocycles. The van der Waals surface area contributed by atoms with Crippen LogP contribution < -0.4 is 5.32 Å². The first-order chi connectivity index (χ1) is 13.2. The molecular weight excluding hydrogens is 360 g/mol. The van der Waals surface area contributed by atoms with Crippen LogP contribution in [0.5, 0.6) is 0 Å². The molecular formula is C20H26N4O2S. The van der Waals surface area contributed by atoms with Crippen LogP contribution >= 0.6 is 11.3 Å². The summed E-state index contributed by atoms with van der Waals surface area (Å²) in [5, 5.41) is 10.1. The third-order valence-corrected chi connectivity index (χ3v) is 7.49. The topological polar surface area (TPSA) is 70.2 Å². The number of ether oxygens (including phenoxy) is 1. The van der Waals surface area contributed by atoms with E-state index < -0.39 is 0 Å². The Balaban J connectivity index is 1.30. The second kappa shape index (κ2) is 7.04. The highest BCUT2D eigenvalue weighted by Gasteiger charge is 2.42. The number of rotatable bonds is 4. The van der Waals surface area contributed by atoms with Crippen molar-refractivity contribution in [2.75, 3.05) is 19.7 Å². The van der Waals surface area contributed by atoms with E-state index in [0.29, 0.717) is 6.04 Å². The van der Waals surface area contributed by atoms with Gasteiger partial charge in [0.2, 0.25) is 0 Å². The lowest BCUT2D eigenvalue weighted by molar-refractivity contribution is -0.0980. The van der Waals surface area contributed by atoms with E-state index in [0.717, 1.165) is 63.2 Å². The van der Waals surface area contributed by atoms with Gasteiger partial charge in [-0.25, -0.2) is 0 Å². The predicted octanol–water partition coefficient (Wildman–Crippen LogP) is 2.82. The van der Waals surface area contributed by atoms with Crippen molar-refractivity contribution in [1.29, 1.82) is 0 Å². The van der Waals surface area contributed by atoms with Gasteiger partial charge in [-0.2, -0.15) is 5.10 Å². The summed E-state index contributed by atoms with van der Waals surface area (Å²) in [6.07, 6.45) is 10.2. The molecule has 5 rings (SSSR count). The summed E-state index contributed by atoms with van der Waals surface area (Å²) in [5.74, 6) is 0.103. The number of amides is 1. The molecule has 2 fully saturated rings. The van der Waals surface area contributed by atoms with Crippen LogP contribution in [0.15, 0.2) is 18.5 Å². The second-order valence-corrected chi connectivity index (χ2v) is 9.16. The number of carbonyl (C=O) groups is 1. The van der Waals surface area contributed by atoms with Crippen molar-refractivity contribution < 1.29 is 9.53 Å². The molecule has 6 nitrogen and oxygen atoms in total. The average molecular weight is 387 g/mol. The number of piperidine rings is 1. The van der Waals surface area contributed by atoms with Crippen molar-refractivity contribution in [2.24, 2.45) is 0 Å². The monoisotopic (exact) mass is 386 g/mol. The third-order valence-electron chi connectivity index (χ3n) is 6.30. The maximum Gasteiger partial charge on any atom is 0.261 e. The van der Waals surface area contributed by atoms with Gasteiger partial charge in [0.25, 0.3) is 5.91 Å². The van der Waals surface area contributed by atoms with Gasteiger partial charge in [0.15, 0.2) is 0 Å². The standard InChI is InChI=1S/C20H26N4O2S/c25-19(23-15-2-1-3-15)18-10-16-17(27-18)4-9-26-20(16)5-7-24(8-6-20)13-14-11-21-22-12-14/h10-12,15H,1-9,13H2,(H,21,22)(H,23,25). The van der Waals surface area contributed by atoms with E-state index in [-0.39, 0.29) is 11.5 Å². The van der Waals surface area contributed by atoms with Crippen LogP contribution in [0, 0.1) is 0 Å². The Labute approximate surface area is 163 Å². The van der Waals surface area contributed by atoms with E-state index in [2.05, 4.69) is 26.5 Å². The molecule has 2 N–H and O–H groups in total. The van der Waals surface area contributed by atoms with E-state index in [4.69, 9.17) is 4.74 Å². The molecule has 0 unspecified atom stereocenters. The average Bonchev–Trinajstić information content (AvgIpc) is 3.30. The number of nitrogens with one attached hydrogen (secondary N) is 2. The molecule has 2 aromatic rings. The number of thiophene rings is 1. The van der Waals surface area contributed by atoms with Crippen LogP contribution in [0.1, 0.15) is 57.8 Å². The molecule has 0 atom stereocenters. The molecule has 1 saturated heterocycles. The van der Waals surface area contributed by atoms with Crippen LogP contribution in [-0.4, -0.2) is 46.7 Å². The highest BCUT2D eigenvalue weighted by molar-refractivity contribution is 7.14. The van der Waals surface area contributed by atoms with Crippen LogP contribution in [0.4, 0.5) is 0 Å². The Hall–Kier alpha value is -1.70. The third kappa shape index (κ3) is 3.32. The zero-order valence-corrected chi connectivity index (χ0v) is 16.3. The molecule has 2 aromatic heterocycles. The number of nitrogens with zero attached hydrogens (tertiary/aromatic N) is 2. The van der Waals surface area contributed by atoms with Crippen molar-refractivity contribution >= 4 is 17.2 Å². The predicted molar refractivity (Wildman–Crippen MR) is 104 cm³/mol. The summed E-state index contributed by atoms with van der Waals surface area (Å²) in [4.78, 5) is 17.3. The first-order valence-corrected chi connectivity index (χ1v) is 10.8. The van der Waals surface area contributed by atoms with Gasteiger partial charge in [-0.3, -0.25) is 14.8 Å². The Morgan fingerprint density at radius 1 is 1.41 bits per heavy atom. The fourth-order valence-electron chi connectivity index (χ4n) is 4.45. The minimum Gasteiger partial charge on any atom is -0.370 e. The molecule has 3 aliphatic rings. The van der Waals surface area contributed by atoms with Gasteiger partial charge in [0.1, 0.15) is 0 Å². The Kier molecular flexibility index (Phi) is 4.53. The number of aromatic nitrogens is 2. The van der Waals surface area contributed by atoms with Crippen molar-refractivity contribution in [3.05, 3.63) is 39.3 Å². The molecule has 1 amide bonds. The molecule has 7 heteroatoms. The highest BCUT2D eigenvalue weighted by Crippen LogP contribution is 2.44. The number of carbonyl (C=O) groups excluding carboxylic acids is 1. The van der Waals surface area contributed by atoms with Crippen LogP contribution in [0.2, 0.25) is 0 Å². The van der Waals surface area contributed by atoms with Crippen molar-refractivity contribution in [2.45, 2.75) is 56.7 Å². The van der Waals surface area contributed by atoms with Gasteiger partial charge < -0.3 is 10.1 Å². The van der Waals surface area contributed by atoms with Gasteiger partial charge >= 0.3 is 0 Å². The van der Waals surface area contributed by atoms with Crippen molar-refractivity contribution in [3.63, 3.8) is 0 Å². The van der Waals surface area contributed by atoms with Gasteiger partial charge in [0.05, 0.1) is 23.3 Å². The van der Waals surface area contributed by atoms with Crippen molar-refractivity contribution in [1.82, 2.24) is 20.4 Å². The largest absolute Gasteiger partial charge is 0.370 e. The van der Waals surface area contributed by atoms with E-state index >= 15 is 0 Å². The molecule has 0 radical (unpaired) electrons. The van der Waals surface area contributed by atoms with Gasteiger partial charge in [0, 0.05) is 48.7 Å². The summed E-state index contributed by atoms with van der Waals surface area (Å²) >= 11 is 1.67. The summed E-state index contributed by atoms with van der Waals surface area (Å²) in [6, 6.07) is 2.51. The lowest BCUT2D eigenvalue weighted by Gasteiger charge is -2.44. The quantitative estimate of drug-likeness (QED) is 0.848. The molecule has 4 heterocycles. The number of fused-ring (bicyclic) bond motifs is 2. The minimum atomic E-state index is -0.202.